The summed E-state index contributed by atoms with van der Waals surface area (Å²) in [6.07, 6.45) is 1.47. The van der Waals surface area contributed by atoms with E-state index in [1.54, 1.807) is 6.92 Å². The van der Waals surface area contributed by atoms with Crippen LogP contribution in [0.4, 0.5) is 0 Å². The summed E-state index contributed by atoms with van der Waals surface area (Å²) in [6.45, 7) is 3.06. The first-order valence-electron chi connectivity index (χ1n) is 5.20. The summed E-state index contributed by atoms with van der Waals surface area (Å²) in [5.74, 6) is -0.984. The molecule has 0 aromatic carbocycles. The van der Waals surface area contributed by atoms with E-state index in [1.807, 2.05) is 0 Å². The largest absolute Gasteiger partial charge is 0.506 e. The van der Waals surface area contributed by atoms with E-state index < -0.39 is 12.0 Å². The predicted octanol–water partition coefficient (Wildman–Crippen LogP) is 0.151. The smallest absolute Gasteiger partial charge is 0.320 e. The molecule has 0 aliphatic heterocycles. The second kappa shape index (κ2) is 5.60. The number of rotatable bonds is 5. The van der Waals surface area contributed by atoms with Gasteiger partial charge in [0.1, 0.15) is 11.8 Å². The molecular formula is C11H16N2O4. The fraction of sp³-hybridized carbons (Fsp3) is 0.455. The highest BCUT2D eigenvalue weighted by Crippen LogP contribution is 2.23. The SMILES string of the molecule is Cc1ncc(CO)c(CN[C@@H](C)C(=O)O)c1O. The first-order chi connectivity index (χ1) is 7.97. The van der Waals surface area contributed by atoms with Gasteiger partial charge in [-0.25, -0.2) is 0 Å². The van der Waals surface area contributed by atoms with Crippen molar-refractivity contribution in [1.29, 1.82) is 0 Å². The Labute approximate surface area is 98.9 Å². The molecule has 0 amide bonds. The lowest BCUT2D eigenvalue weighted by Crippen LogP contribution is -2.33. The first-order valence-corrected chi connectivity index (χ1v) is 5.20. The highest BCUT2D eigenvalue weighted by molar-refractivity contribution is 5.72. The minimum absolute atomic E-state index is 0.0124. The number of aromatic nitrogens is 1. The molecule has 1 aromatic heterocycles. The minimum atomic E-state index is -0.971. The molecule has 0 unspecified atom stereocenters. The molecule has 0 saturated heterocycles. The van der Waals surface area contributed by atoms with Crippen LogP contribution in [0.3, 0.4) is 0 Å². The van der Waals surface area contributed by atoms with Crippen LogP contribution in [0.25, 0.3) is 0 Å². The molecule has 17 heavy (non-hydrogen) atoms. The van der Waals surface area contributed by atoms with Crippen molar-refractivity contribution >= 4 is 5.97 Å². The molecule has 0 fully saturated rings. The Bertz CT molecular complexity index is 420. The van der Waals surface area contributed by atoms with Crippen LogP contribution in [-0.2, 0) is 17.9 Å². The van der Waals surface area contributed by atoms with E-state index in [0.717, 1.165) is 0 Å². The van der Waals surface area contributed by atoms with Gasteiger partial charge in [-0.3, -0.25) is 9.78 Å². The van der Waals surface area contributed by atoms with Gasteiger partial charge in [0.2, 0.25) is 0 Å². The number of aliphatic carboxylic acids is 1. The molecule has 4 N–H and O–H groups in total. The Morgan fingerprint density at radius 3 is 2.76 bits per heavy atom. The average Bonchev–Trinajstić information content (AvgIpc) is 2.30. The molecule has 1 rings (SSSR count). The van der Waals surface area contributed by atoms with Gasteiger partial charge >= 0.3 is 5.97 Å². The number of aromatic hydroxyl groups is 1. The maximum absolute atomic E-state index is 10.6. The quantitative estimate of drug-likeness (QED) is 0.584. The molecule has 1 heterocycles. The molecule has 0 spiro atoms. The fourth-order valence-electron chi connectivity index (χ4n) is 1.36. The van der Waals surface area contributed by atoms with Crippen molar-refractivity contribution in [3.05, 3.63) is 23.0 Å². The summed E-state index contributed by atoms with van der Waals surface area (Å²) >= 11 is 0. The zero-order valence-electron chi connectivity index (χ0n) is 9.77. The molecule has 0 aliphatic rings. The van der Waals surface area contributed by atoms with E-state index in [2.05, 4.69) is 10.3 Å². The number of pyridine rings is 1. The van der Waals surface area contributed by atoms with Gasteiger partial charge in [-0.05, 0) is 13.8 Å². The lowest BCUT2D eigenvalue weighted by atomic mass is 10.1. The molecule has 0 bridgehead atoms. The van der Waals surface area contributed by atoms with Gasteiger partial charge in [0.05, 0.1) is 12.3 Å². The van der Waals surface area contributed by atoms with Crippen LogP contribution >= 0.6 is 0 Å². The molecule has 1 atom stereocenters. The van der Waals surface area contributed by atoms with Crippen molar-refractivity contribution in [1.82, 2.24) is 10.3 Å². The van der Waals surface area contributed by atoms with Crippen LogP contribution in [0.1, 0.15) is 23.7 Å². The highest BCUT2D eigenvalue weighted by Gasteiger charge is 2.14. The van der Waals surface area contributed by atoms with E-state index in [9.17, 15) is 9.90 Å². The van der Waals surface area contributed by atoms with Gasteiger partial charge in [0.15, 0.2) is 0 Å². The molecule has 94 valence electrons. The maximum atomic E-state index is 10.6. The van der Waals surface area contributed by atoms with Gasteiger partial charge in [-0.2, -0.15) is 0 Å². The van der Waals surface area contributed by atoms with Crippen molar-refractivity contribution in [3.8, 4) is 5.75 Å². The van der Waals surface area contributed by atoms with Crippen LogP contribution < -0.4 is 5.32 Å². The number of carboxylic acid groups (broad SMARTS) is 1. The topological polar surface area (TPSA) is 103 Å². The van der Waals surface area contributed by atoms with Crippen molar-refractivity contribution in [3.63, 3.8) is 0 Å². The minimum Gasteiger partial charge on any atom is -0.506 e. The molecule has 0 radical (unpaired) electrons. The number of nitrogens with one attached hydrogen (secondary N) is 1. The maximum Gasteiger partial charge on any atom is 0.320 e. The van der Waals surface area contributed by atoms with Gasteiger partial charge in [0, 0.05) is 23.9 Å². The number of hydrogen-bond acceptors (Lipinski definition) is 5. The standard InChI is InChI=1S/C11H16N2O4/c1-6-10(15)9(8(5-14)3-12-6)4-13-7(2)11(16)17/h3,7,13-15H,4-5H2,1-2H3,(H,16,17)/t7-/m0/s1. The summed E-state index contributed by atoms with van der Waals surface area (Å²) in [5, 5.41) is 30.4. The summed E-state index contributed by atoms with van der Waals surface area (Å²) < 4.78 is 0. The summed E-state index contributed by atoms with van der Waals surface area (Å²) in [4.78, 5) is 14.6. The number of hydrogen-bond donors (Lipinski definition) is 4. The summed E-state index contributed by atoms with van der Waals surface area (Å²) in [7, 11) is 0. The van der Waals surface area contributed by atoms with Crippen molar-refractivity contribution in [2.45, 2.75) is 33.0 Å². The third kappa shape index (κ3) is 3.15. The van der Waals surface area contributed by atoms with Crippen LogP contribution in [0.2, 0.25) is 0 Å². The van der Waals surface area contributed by atoms with Crippen LogP contribution in [-0.4, -0.2) is 32.3 Å². The molecule has 1 aromatic rings. The molecule has 0 aliphatic carbocycles. The van der Waals surface area contributed by atoms with Crippen LogP contribution in [0, 0.1) is 6.92 Å². The third-order valence-corrected chi connectivity index (χ3v) is 2.56. The van der Waals surface area contributed by atoms with Gasteiger partial charge in [-0.1, -0.05) is 0 Å². The van der Waals surface area contributed by atoms with Crippen LogP contribution in [0.5, 0.6) is 5.75 Å². The zero-order valence-corrected chi connectivity index (χ0v) is 9.77. The normalized spacial score (nSPS) is 12.4. The Balaban J connectivity index is 2.89. The third-order valence-electron chi connectivity index (χ3n) is 2.56. The second-order valence-electron chi connectivity index (χ2n) is 3.79. The van der Waals surface area contributed by atoms with E-state index in [0.29, 0.717) is 16.8 Å². The number of carbonyl (C=O) groups is 1. The number of aliphatic hydroxyl groups is 1. The Morgan fingerprint density at radius 2 is 2.24 bits per heavy atom. The van der Waals surface area contributed by atoms with Gasteiger partial charge in [-0.15, -0.1) is 0 Å². The van der Waals surface area contributed by atoms with Crippen molar-refractivity contribution < 1.29 is 20.1 Å². The van der Waals surface area contributed by atoms with E-state index in [1.165, 1.54) is 13.1 Å². The summed E-state index contributed by atoms with van der Waals surface area (Å²) in [5.41, 5.74) is 1.41. The van der Waals surface area contributed by atoms with Gasteiger partial charge in [0.25, 0.3) is 0 Å². The Hall–Kier alpha value is -1.66. The van der Waals surface area contributed by atoms with Crippen LogP contribution in [0.15, 0.2) is 6.20 Å². The van der Waals surface area contributed by atoms with Crippen molar-refractivity contribution in [2.24, 2.45) is 0 Å². The Morgan fingerprint density at radius 1 is 1.59 bits per heavy atom. The van der Waals surface area contributed by atoms with E-state index >= 15 is 0 Å². The number of nitrogens with zero attached hydrogens (tertiary/aromatic N) is 1. The van der Waals surface area contributed by atoms with Crippen molar-refractivity contribution in [2.75, 3.05) is 0 Å². The second-order valence-corrected chi connectivity index (χ2v) is 3.79. The number of aryl methyl sites for hydroxylation is 1. The monoisotopic (exact) mass is 240 g/mol. The van der Waals surface area contributed by atoms with E-state index in [4.69, 9.17) is 10.2 Å². The highest BCUT2D eigenvalue weighted by atomic mass is 16.4. The molecule has 6 nitrogen and oxygen atoms in total. The number of carboxylic acids is 1. The molecular weight excluding hydrogens is 224 g/mol. The number of aliphatic hydroxyl groups excluding tert-OH is 1. The lowest BCUT2D eigenvalue weighted by molar-refractivity contribution is -0.139. The lowest BCUT2D eigenvalue weighted by Gasteiger charge is -2.14. The average molecular weight is 240 g/mol. The molecule has 6 heteroatoms. The van der Waals surface area contributed by atoms with E-state index in [-0.39, 0.29) is 18.9 Å². The Kier molecular flexibility index (Phi) is 4.42. The fourth-order valence-corrected chi connectivity index (χ4v) is 1.36. The zero-order chi connectivity index (χ0) is 13.0. The summed E-state index contributed by atoms with van der Waals surface area (Å²) in [6, 6.07) is -0.727. The molecule has 0 saturated carbocycles. The first kappa shape index (κ1) is 13.4. The predicted molar refractivity (Wildman–Crippen MR) is 60.5 cm³/mol. The van der Waals surface area contributed by atoms with Gasteiger partial charge < -0.3 is 20.6 Å².